The zero-order valence-corrected chi connectivity index (χ0v) is 8.05. The van der Waals surface area contributed by atoms with Gasteiger partial charge in [-0.05, 0) is 37.5 Å². The van der Waals surface area contributed by atoms with Gasteiger partial charge in [0.2, 0.25) is 1.43 Å². The summed E-state index contributed by atoms with van der Waals surface area (Å²) < 4.78 is 7.09. The van der Waals surface area contributed by atoms with E-state index in [1.54, 1.807) is 0 Å². The zero-order chi connectivity index (χ0) is 9.91. The number of rotatable bonds is 1. The fourth-order valence-corrected chi connectivity index (χ4v) is 3.10. The summed E-state index contributed by atoms with van der Waals surface area (Å²) in [4.78, 5) is 0. The maximum Gasteiger partial charge on any atom is 0.211 e. The summed E-state index contributed by atoms with van der Waals surface area (Å²) in [5, 5.41) is 15.2. The second-order valence-corrected chi connectivity index (χ2v) is 5.25. The van der Waals surface area contributed by atoms with Gasteiger partial charge in [-0.1, -0.05) is 13.8 Å². The standard InChI is InChI=1S/C10H18O2/c1-8(2)7-4-5-9(3,11)10(8,12)6-7/h7,11-12H,4-6H2,1-3H3/i11D. The lowest BCUT2D eigenvalue weighted by atomic mass is 9.41. The van der Waals surface area contributed by atoms with E-state index in [1.807, 2.05) is 6.92 Å². The van der Waals surface area contributed by atoms with Crippen molar-refractivity contribution in [3.8, 4) is 0 Å². The SMILES string of the molecule is [2H]OC1(C)CCC2CC1(O)C2(C)C. The molecule has 3 aliphatic carbocycles. The van der Waals surface area contributed by atoms with Gasteiger partial charge < -0.3 is 10.2 Å². The molecule has 2 N–H and O–H groups in total. The van der Waals surface area contributed by atoms with Crippen molar-refractivity contribution in [2.24, 2.45) is 11.3 Å². The van der Waals surface area contributed by atoms with Crippen LogP contribution in [0.5, 0.6) is 0 Å². The van der Waals surface area contributed by atoms with Crippen LogP contribution in [0, 0.1) is 11.3 Å². The van der Waals surface area contributed by atoms with E-state index in [9.17, 15) is 5.11 Å². The van der Waals surface area contributed by atoms with Crippen LogP contribution in [0.1, 0.15) is 40.0 Å². The van der Waals surface area contributed by atoms with Crippen LogP contribution in [-0.2, 0) is 0 Å². The molecular formula is C10H18O2. The van der Waals surface area contributed by atoms with Crippen LogP contribution in [0.2, 0.25) is 0 Å². The van der Waals surface area contributed by atoms with Crippen LogP contribution in [-0.4, -0.2) is 22.8 Å². The second kappa shape index (κ2) is 1.88. The van der Waals surface area contributed by atoms with Gasteiger partial charge in [0, 0.05) is 0 Å². The molecule has 0 amide bonds. The Labute approximate surface area is 75.1 Å². The van der Waals surface area contributed by atoms with Gasteiger partial charge in [0.05, 0.1) is 11.2 Å². The number of hydrogen-bond acceptors (Lipinski definition) is 2. The maximum absolute atomic E-state index is 10.4. The lowest BCUT2D eigenvalue weighted by Gasteiger charge is -2.68. The van der Waals surface area contributed by atoms with Gasteiger partial charge >= 0.3 is 0 Å². The molecule has 3 aliphatic rings. The Balaban J connectivity index is 2.35. The summed E-state index contributed by atoms with van der Waals surface area (Å²) >= 11 is 0. The van der Waals surface area contributed by atoms with E-state index in [2.05, 4.69) is 13.8 Å². The fourth-order valence-electron chi connectivity index (χ4n) is 3.10. The maximum atomic E-state index is 10.4. The summed E-state index contributed by atoms with van der Waals surface area (Å²) in [6, 6.07) is 0. The lowest BCUT2D eigenvalue weighted by molar-refractivity contribution is -0.312. The molecule has 0 saturated heterocycles. The van der Waals surface area contributed by atoms with E-state index in [0.717, 1.165) is 19.3 Å². The quantitative estimate of drug-likeness (QED) is 0.624. The van der Waals surface area contributed by atoms with E-state index < -0.39 is 11.2 Å². The van der Waals surface area contributed by atoms with E-state index >= 15 is 0 Å². The molecule has 3 saturated carbocycles. The molecule has 3 fully saturated rings. The summed E-state index contributed by atoms with van der Waals surface area (Å²) in [7, 11) is 0. The first-order valence-corrected chi connectivity index (χ1v) is 4.74. The Morgan fingerprint density at radius 2 is 2.08 bits per heavy atom. The summed E-state index contributed by atoms with van der Waals surface area (Å²) in [5.74, 6) is 0.612. The van der Waals surface area contributed by atoms with Gasteiger partial charge in [0.1, 0.15) is 0 Å². The summed E-state index contributed by atoms with van der Waals surface area (Å²) in [5.41, 5.74) is -1.53. The van der Waals surface area contributed by atoms with Crippen LogP contribution in [0.25, 0.3) is 0 Å². The van der Waals surface area contributed by atoms with Crippen LogP contribution in [0.15, 0.2) is 0 Å². The molecule has 2 nitrogen and oxygen atoms in total. The number of fused-ring (bicyclic) bond motifs is 2. The molecule has 2 heteroatoms. The van der Waals surface area contributed by atoms with Crippen molar-refractivity contribution in [3.63, 3.8) is 0 Å². The summed E-state index contributed by atoms with van der Waals surface area (Å²) in [6.45, 7) is 6.02. The first kappa shape index (κ1) is 7.34. The molecule has 0 aromatic rings. The Bertz CT molecular complexity index is 241. The minimum atomic E-state index is -0.787. The van der Waals surface area contributed by atoms with Crippen LogP contribution in [0.3, 0.4) is 0 Å². The minimum Gasteiger partial charge on any atom is -0.387 e. The van der Waals surface area contributed by atoms with Gasteiger partial charge in [0.15, 0.2) is 0 Å². The van der Waals surface area contributed by atoms with Gasteiger partial charge in [-0.2, -0.15) is 0 Å². The molecule has 0 aromatic carbocycles. The highest BCUT2D eigenvalue weighted by Crippen LogP contribution is 2.65. The zero-order valence-electron chi connectivity index (χ0n) is 9.05. The molecule has 3 rings (SSSR count). The first-order valence-electron chi connectivity index (χ1n) is 5.15. The molecule has 2 bridgehead atoms. The molecule has 0 radical (unpaired) electrons. The van der Waals surface area contributed by atoms with Crippen LogP contribution < -0.4 is 0 Å². The molecule has 0 aliphatic heterocycles. The topological polar surface area (TPSA) is 40.5 Å². The van der Waals surface area contributed by atoms with Crippen molar-refractivity contribution in [1.82, 2.24) is 0 Å². The predicted molar refractivity (Wildman–Crippen MR) is 46.7 cm³/mol. The highest BCUT2D eigenvalue weighted by molar-refractivity contribution is 5.20. The third kappa shape index (κ3) is 0.647. The van der Waals surface area contributed by atoms with E-state index in [0.29, 0.717) is 5.92 Å². The van der Waals surface area contributed by atoms with Gasteiger partial charge in [-0.25, -0.2) is 0 Å². The predicted octanol–water partition coefficient (Wildman–Crippen LogP) is 1.31. The van der Waals surface area contributed by atoms with E-state index in [1.165, 1.54) is 0 Å². The average molecular weight is 171 g/mol. The number of hydrogen-bond donors (Lipinski definition) is 2. The summed E-state index contributed by atoms with van der Waals surface area (Å²) in [6.07, 6.45) is 2.68. The second-order valence-electron chi connectivity index (χ2n) is 5.25. The minimum absolute atomic E-state index is 0.0823. The van der Waals surface area contributed by atoms with Crippen molar-refractivity contribution in [3.05, 3.63) is 0 Å². The van der Waals surface area contributed by atoms with Gasteiger partial charge in [0.25, 0.3) is 0 Å². The van der Waals surface area contributed by atoms with Crippen LogP contribution >= 0.6 is 0 Å². The Kier molecular flexibility index (Phi) is 1.15. The Hall–Kier alpha value is -0.0800. The van der Waals surface area contributed by atoms with Crippen molar-refractivity contribution in [2.75, 3.05) is 0 Å². The number of aliphatic hydroxyl groups is 2. The normalized spacial score (nSPS) is 57.3. The average Bonchev–Trinajstić information content (AvgIpc) is 2.09. The first-order chi connectivity index (χ1) is 5.87. The van der Waals surface area contributed by atoms with Crippen molar-refractivity contribution in [1.29, 1.82) is 1.43 Å². The molecule has 0 aromatic heterocycles. The van der Waals surface area contributed by atoms with Crippen molar-refractivity contribution < 1.29 is 10.2 Å². The van der Waals surface area contributed by atoms with E-state index in [4.69, 9.17) is 6.54 Å². The molecule has 70 valence electrons. The Morgan fingerprint density at radius 3 is 2.50 bits per heavy atom. The molecular weight excluding hydrogens is 152 g/mol. The van der Waals surface area contributed by atoms with Crippen molar-refractivity contribution in [2.45, 2.75) is 51.2 Å². The third-order valence-corrected chi connectivity index (χ3v) is 4.47. The third-order valence-electron chi connectivity index (χ3n) is 4.47. The molecule has 0 heterocycles. The van der Waals surface area contributed by atoms with Crippen molar-refractivity contribution >= 4 is 0 Å². The lowest BCUT2D eigenvalue weighted by Crippen LogP contribution is -2.74. The van der Waals surface area contributed by atoms with Gasteiger partial charge in [-0.3, -0.25) is 0 Å². The highest BCUT2D eigenvalue weighted by atomic mass is 16.4. The molecule has 3 unspecified atom stereocenters. The van der Waals surface area contributed by atoms with Crippen LogP contribution in [0.4, 0.5) is 0 Å². The Morgan fingerprint density at radius 1 is 1.42 bits per heavy atom. The highest BCUT2D eigenvalue weighted by Gasteiger charge is 2.69. The molecule has 3 atom stereocenters. The fraction of sp³-hybridized carbons (Fsp3) is 1.00. The monoisotopic (exact) mass is 171 g/mol. The molecule has 0 spiro atoms. The smallest absolute Gasteiger partial charge is 0.211 e. The van der Waals surface area contributed by atoms with E-state index in [-0.39, 0.29) is 5.41 Å². The largest absolute Gasteiger partial charge is 0.387 e. The molecule has 12 heavy (non-hydrogen) atoms. The van der Waals surface area contributed by atoms with Gasteiger partial charge in [-0.15, -0.1) is 0 Å².